The maximum Gasteiger partial charge on any atom is 0.325 e. The van der Waals surface area contributed by atoms with Crippen LogP contribution in [0.3, 0.4) is 0 Å². The number of carbonyl (C=O) groups is 2. The first-order valence-electron chi connectivity index (χ1n) is 6.49. The number of aromatic nitrogens is 1. The van der Waals surface area contributed by atoms with Crippen molar-refractivity contribution in [2.75, 3.05) is 7.11 Å². The summed E-state index contributed by atoms with van der Waals surface area (Å²) in [6, 6.07) is 5.44. The topological polar surface area (TPSA) is 60.7 Å². The molecule has 0 N–H and O–H groups in total. The summed E-state index contributed by atoms with van der Waals surface area (Å²) < 4.78 is 7.19. The van der Waals surface area contributed by atoms with E-state index in [-0.39, 0.29) is 12.5 Å². The van der Waals surface area contributed by atoms with Gasteiger partial charge in [0.05, 0.1) is 22.3 Å². The number of carbonyl (C=O) groups excluding carboxylic acids is 2. The highest BCUT2D eigenvalue weighted by atomic mass is 35.5. The van der Waals surface area contributed by atoms with Crippen molar-refractivity contribution < 1.29 is 14.3 Å². The largest absolute Gasteiger partial charge is 0.468 e. The summed E-state index contributed by atoms with van der Waals surface area (Å²) in [6.45, 7) is 1.89. The van der Waals surface area contributed by atoms with E-state index in [0.29, 0.717) is 21.8 Å². The predicted molar refractivity (Wildman–Crippen MR) is 82.3 cm³/mol. The number of hydrogen-bond acceptors (Lipinski definition) is 4. The van der Waals surface area contributed by atoms with Crippen LogP contribution in [0.1, 0.15) is 19.8 Å². The Labute approximate surface area is 130 Å². The summed E-state index contributed by atoms with van der Waals surface area (Å²) in [6.07, 6.45) is 1.10. The van der Waals surface area contributed by atoms with Crippen LogP contribution in [0, 0.1) is 0 Å². The quantitative estimate of drug-likeness (QED) is 0.812. The number of thiazole rings is 1. The highest BCUT2D eigenvalue weighted by molar-refractivity contribution is 7.16. The van der Waals surface area contributed by atoms with Crippen molar-refractivity contribution in [1.82, 2.24) is 4.57 Å². The molecular weight excluding hydrogens is 312 g/mol. The van der Waals surface area contributed by atoms with E-state index < -0.39 is 5.97 Å². The molecule has 0 bridgehead atoms. The van der Waals surface area contributed by atoms with E-state index in [0.717, 1.165) is 11.1 Å². The lowest BCUT2D eigenvalue weighted by Crippen LogP contribution is -2.22. The fourth-order valence-corrected chi connectivity index (χ4v) is 3.30. The SMILES string of the molecule is CCCC(=O)N=c1sc2cccc(Cl)c2n1CC(=O)OC. The number of benzene rings is 1. The zero-order chi connectivity index (χ0) is 15.4. The average Bonchev–Trinajstić information content (AvgIpc) is 2.78. The van der Waals surface area contributed by atoms with Crippen LogP contribution >= 0.6 is 22.9 Å². The second kappa shape index (κ2) is 6.87. The number of hydrogen-bond donors (Lipinski definition) is 0. The fraction of sp³-hybridized carbons (Fsp3) is 0.357. The first-order valence-corrected chi connectivity index (χ1v) is 7.68. The number of ether oxygens (including phenoxy) is 1. The molecule has 0 spiro atoms. The third kappa shape index (κ3) is 3.51. The molecule has 0 saturated heterocycles. The molecule has 0 aliphatic carbocycles. The van der Waals surface area contributed by atoms with Crippen molar-refractivity contribution in [2.24, 2.45) is 4.99 Å². The van der Waals surface area contributed by atoms with Gasteiger partial charge in [-0.3, -0.25) is 9.59 Å². The number of rotatable bonds is 4. The van der Waals surface area contributed by atoms with Gasteiger partial charge in [-0.05, 0) is 18.6 Å². The summed E-state index contributed by atoms with van der Waals surface area (Å²) in [7, 11) is 1.32. The average molecular weight is 327 g/mol. The number of amides is 1. The van der Waals surface area contributed by atoms with Crippen LogP contribution in [-0.4, -0.2) is 23.6 Å². The Morgan fingerprint density at radius 1 is 1.43 bits per heavy atom. The van der Waals surface area contributed by atoms with E-state index in [4.69, 9.17) is 16.3 Å². The maximum absolute atomic E-state index is 11.8. The molecule has 112 valence electrons. The Hall–Kier alpha value is -1.66. The molecule has 1 heterocycles. The molecule has 1 amide bonds. The van der Waals surface area contributed by atoms with Gasteiger partial charge in [-0.2, -0.15) is 4.99 Å². The normalized spacial score (nSPS) is 11.9. The molecule has 2 rings (SSSR count). The van der Waals surface area contributed by atoms with Gasteiger partial charge in [-0.15, -0.1) is 0 Å². The van der Waals surface area contributed by atoms with Crippen LogP contribution in [0.2, 0.25) is 5.02 Å². The number of methoxy groups -OCH3 is 1. The summed E-state index contributed by atoms with van der Waals surface area (Å²) in [4.78, 5) is 27.9. The van der Waals surface area contributed by atoms with E-state index in [1.54, 1.807) is 10.6 Å². The van der Waals surface area contributed by atoms with E-state index in [2.05, 4.69) is 4.99 Å². The van der Waals surface area contributed by atoms with Gasteiger partial charge in [0.1, 0.15) is 6.54 Å². The molecular formula is C14H15ClN2O3S. The van der Waals surface area contributed by atoms with Crippen molar-refractivity contribution in [3.8, 4) is 0 Å². The minimum atomic E-state index is -0.418. The Morgan fingerprint density at radius 2 is 2.19 bits per heavy atom. The molecule has 1 aromatic carbocycles. The van der Waals surface area contributed by atoms with Crippen LogP contribution in [-0.2, 0) is 20.9 Å². The standard InChI is InChI=1S/C14H15ClN2O3S/c1-3-5-11(18)16-14-17(8-12(19)20-2)13-9(15)6-4-7-10(13)21-14/h4,6-7H,3,5,8H2,1-2H3. The number of para-hydroxylation sites is 1. The van der Waals surface area contributed by atoms with Gasteiger partial charge in [0.25, 0.3) is 0 Å². The fourth-order valence-electron chi connectivity index (χ4n) is 1.89. The van der Waals surface area contributed by atoms with E-state index >= 15 is 0 Å². The van der Waals surface area contributed by atoms with Crippen LogP contribution in [0.5, 0.6) is 0 Å². The molecule has 21 heavy (non-hydrogen) atoms. The minimum absolute atomic E-state index is 0.0293. The van der Waals surface area contributed by atoms with Crippen molar-refractivity contribution >= 4 is 45.0 Å². The van der Waals surface area contributed by atoms with Crippen molar-refractivity contribution in [3.05, 3.63) is 28.0 Å². The molecule has 7 heteroatoms. The van der Waals surface area contributed by atoms with Crippen LogP contribution < -0.4 is 4.80 Å². The lowest BCUT2D eigenvalue weighted by Gasteiger charge is -2.04. The highest BCUT2D eigenvalue weighted by Crippen LogP contribution is 2.25. The predicted octanol–water partition coefficient (Wildman–Crippen LogP) is 2.76. The number of esters is 1. The molecule has 0 radical (unpaired) electrons. The zero-order valence-corrected chi connectivity index (χ0v) is 13.3. The lowest BCUT2D eigenvalue weighted by atomic mass is 10.3. The van der Waals surface area contributed by atoms with Crippen LogP contribution in [0.25, 0.3) is 10.2 Å². The zero-order valence-electron chi connectivity index (χ0n) is 11.8. The van der Waals surface area contributed by atoms with Crippen LogP contribution in [0.15, 0.2) is 23.2 Å². The Balaban J connectivity index is 2.63. The molecule has 0 unspecified atom stereocenters. The van der Waals surface area contributed by atoms with Crippen molar-refractivity contribution in [1.29, 1.82) is 0 Å². The Morgan fingerprint density at radius 3 is 2.86 bits per heavy atom. The van der Waals surface area contributed by atoms with E-state index in [9.17, 15) is 9.59 Å². The summed E-state index contributed by atoms with van der Waals surface area (Å²) in [5.41, 5.74) is 0.692. The van der Waals surface area contributed by atoms with Crippen molar-refractivity contribution in [3.63, 3.8) is 0 Å². The molecule has 0 aliphatic heterocycles. The molecule has 0 atom stereocenters. The third-order valence-electron chi connectivity index (χ3n) is 2.85. The van der Waals surface area contributed by atoms with Crippen molar-refractivity contribution in [2.45, 2.75) is 26.3 Å². The van der Waals surface area contributed by atoms with Gasteiger partial charge < -0.3 is 9.30 Å². The summed E-state index contributed by atoms with van der Waals surface area (Å²) in [5, 5.41) is 0.511. The molecule has 2 aromatic rings. The van der Waals surface area contributed by atoms with Gasteiger partial charge in [-0.1, -0.05) is 35.9 Å². The van der Waals surface area contributed by atoms with Gasteiger partial charge in [-0.25, -0.2) is 0 Å². The summed E-state index contributed by atoms with van der Waals surface area (Å²) in [5.74, 6) is -0.627. The molecule has 0 aliphatic rings. The molecule has 5 nitrogen and oxygen atoms in total. The van der Waals surface area contributed by atoms with Gasteiger partial charge in [0.15, 0.2) is 4.80 Å². The first kappa shape index (κ1) is 15.7. The summed E-state index contributed by atoms with van der Waals surface area (Å²) >= 11 is 7.53. The lowest BCUT2D eigenvalue weighted by molar-refractivity contribution is -0.141. The minimum Gasteiger partial charge on any atom is -0.468 e. The second-order valence-corrected chi connectivity index (χ2v) is 5.81. The smallest absolute Gasteiger partial charge is 0.325 e. The number of fused-ring (bicyclic) bond motifs is 1. The third-order valence-corrected chi connectivity index (χ3v) is 4.20. The monoisotopic (exact) mass is 326 g/mol. The number of nitrogens with zero attached hydrogens (tertiary/aromatic N) is 2. The van der Waals surface area contributed by atoms with E-state index in [1.165, 1.54) is 18.4 Å². The Bertz CT molecular complexity index is 748. The van der Waals surface area contributed by atoms with Crippen LogP contribution in [0.4, 0.5) is 0 Å². The van der Waals surface area contributed by atoms with Gasteiger partial charge in [0, 0.05) is 6.42 Å². The number of halogens is 1. The van der Waals surface area contributed by atoms with Gasteiger partial charge in [0.2, 0.25) is 5.91 Å². The molecule has 1 aromatic heterocycles. The maximum atomic E-state index is 11.8. The van der Waals surface area contributed by atoms with E-state index in [1.807, 2.05) is 19.1 Å². The first-order chi connectivity index (χ1) is 10.1. The van der Waals surface area contributed by atoms with Gasteiger partial charge >= 0.3 is 5.97 Å². The molecule has 0 saturated carbocycles. The highest BCUT2D eigenvalue weighted by Gasteiger charge is 2.13. The Kier molecular flexibility index (Phi) is 5.14. The molecule has 0 fully saturated rings. The second-order valence-electron chi connectivity index (χ2n) is 4.39.